The van der Waals surface area contributed by atoms with Gasteiger partial charge in [0.1, 0.15) is 10.8 Å². The van der Waals surface area contributed by atoms with Crippen molar-refractivity contribution in [2.75, 3.05) is 24.7 Å². The zero-order valence-corrected chi connectivity index (χ0v) is 10.5. The molecule has 0 bridgehead atoms. The summed E-state index contributed by atoms with van der Waals surface area (Å²) in [5, 5.41) is 4.84. The number of nitrogens with two attached hydrogens (primary N) is 1. The number of benzene rings is 1. The number of rotatable bonds is 5. The lowest BCUT2D eigenvalue weighted by Crippen LogP contribution is -2.04. The molecule has 0 fully saturated rings. The zero-order valence-electron chi connectivity index (χ0n) is 9.64. The van der Waals surface area contributed by atoms with Crippen molar-refractivity contribution in [2.24, 2.45) is 0 Å². The van der Waals surface area contributed by atoms with E-state index in [1.165, 1.54) is 16.9 Å². The number of aromatic nitrogens is 1. The molecule has 0 saturated heterocycles. The number of thiazole rings is 1. The molecule has 5 heteroatoms. The lowest BCUT2D eigenvalue weighted by Gasteiger charge is -2.04. The first-order valence-corrected chi connectivity index (χ1v) is 6.17. The second-order valence-electron chi connectivity index (χ2n) is 3.59. The Bertz CT molecular complexity index is 467. The van der Waals surface area contributed by atoms with Gasteiger partial charge in [-0.2, -0.15) is 0 Å². The number of anilines is 2. The van der Waals surface area contributed by atoms with Crippen LogP contribution in [0.2, 0.25) is 0 Å². The highest BCUT2D eigenvalue weighted by Gasteiger charge is 1.98. The van der Waals surface area contributed by atoms with Crippen LogP contribution in [0, 0.1) is 0 Å². The summed E-state index contributed by atoms with van der Waals surface area (Å²) in [6.07, 6.45) is 2.61. The van der Waals surface area contributed by atoms with Crippen LogP contribution < -0.4 is 15.8 Å². The molecule has 2 rings (SSSR count). The van der Waals surface area contributed by atoms with Crippen molar-refractivity contribution in [3.8, 4) is 5.75 Å². The highest BCUT2D eigenvalue weighted by atomic mass is 32.1. The van der Waals surface area contributed by atoms with Gasteiger partial charge in [0.05, 0.1) is 13.3 Å². The maximum Gasteiger partial charge on any atom is 0.184 e. The number of hydrogen-bond donors (Lipinski definition) is 2. The van der Waals surface area contributed by atoms with Gasteiger partial charge < -0.3 is 15.8 Å². The van der Waals surface area contributed by atoms with Crippen LogP contribution in [0.4, 0.5) is 10.1 Å². The Labute approximate surface area is 104 Å². The van der Waals surface area contributed by atoms with E-state index in [0.29, 0.717) is 0 Å². The first-order chi connectivity index (χ1) is 8.28. The normalized spacial score (nSPS) is 10.2. The topological polar surface area (TPSA) is 60.2 Å². The smallest absolute Gasteiger partial charge is 0.184 e. The third kappa shape index (κ3) is 3.35. The van der Waals surface area contributed by atoms with Crippen LogP contribution in [-0.4, -0.2) is 18.6 Å². The SMILES string of the molecule is COc1ccc(CCNc2ncc(N)s2)cc1. The van der Waals surface area contributed by atoms with Crippen molar-refractivity contribution in [1.82, 2.24) is 4.98 Å². The molecule has 0 unspecified atom stereocenters. The summed E-state index contributed by atoms with van der Waals surface area (Å²) >= 11 is 1.46. The molecular weight excluding hydrogens is 234 g/mol. The zero-order chi connectivity index (χ0) is 12.1. The second-order valence-corrected chi connectivity index (χ2v) is 4.65. The molecule has 0 amide bonds. The first kappa shape index (κ1) is 11.7. The largest absolute Gasteiger partial charge is 0.497 e. The summed E-state index contributed by atoms with van der Waals surface area (Å²) in [5.41, 5.74) is 6.86. The molecule has 2 aromatic rings. The predicted octanol–water partition coefficient (Wildman–Crippen LogP) is 2.39. The lowest BCUT2D eigenvalue weighted by atomic mass is 10.1. The van der Waals surface area contributed by atoms with E-state index in [4.69, 9.17) is 10.5 Å². The maximum atomic E-state index is 5.60. The molecule has 0 aliphatic rings. The molecule has 17 heavy (non-hydrogen) atoms. The molecule has 3 N–H and O–H groups in total. The predicted molar refractivity (Wildman–Crippen MR) is 71.7 cm³/mol. The quantitative estimate of drug-likeness (QED) is 0.854. The van der Waals surface area contributed by atoms with E-state index in [2.05, 4.69) is 22.4 Å². The maximum absolute atomic E-state index is 5.60. The number of nitrogens with one attached hydrogen (secondary N) is 1. The summed E-state index contributed by atoms with van der Waals surface area (Å²) < 4.78 is 5.11. The molecule has 0 saturated carbocycles. The van der Waals surface area contributed by atoms with Crippen molar-refractivity contribution in [3.05, 3.63) is 36.0 Å². The van der Waals surface area contributed by atoms with Crippen molar-refractivity contribution < 1.29 is 4.74 Å². The summed E-state index contributed by atoms with van der Waals surface area (Å²) in [5.74, 6) is 0.884. The number of hydrogen-bond acceptors (Lipinski definition) is 5. The summed E-state index contributed by atoms with van der Waals surface area (Å²) in [6.45, 7) is 0.847. The van der Waals surface area contributed by atoms with Gasteiger partial charge >= 0.3 is 0 Å². The van der Waals surface area contributed by atoms with E-state index in [1.54, 1.807) is 13.3 Å². The molecule has 1 aromatic heterocycles. The van der Waals surface area contributed by atoms with Gasteiger partial charge in [0.15, 0.2) is 5.13 Å². The molecule has 0 radical (unpaired) electrons. The Balaban J connectivity index is 1.81. The number of nitrogens with zero attached hydrogens (tertiary/aromatic N) is 1. The van der Waals surface area contributed by atoms with Crippen LogP contribution >= 0.6 is 11.3 Å². The van der Waals surface area contributed by atoms with E-state index in [0.717, 1.165) is 28.8 Å². The fraction of sp³-hybridized carbons (Fsp3) is 0.250. The van der Waals surface area contributed by atoms with E-state index in [-0.39, 0.29) is 0 Å². The van der Waals surface area contributed by atoms with Crippen LogP contribution in [-0.2, 0) is 6.42 Å². The minimum absolute atomic E-state index is 0.733. The first-order valence-electron chi connectivity index (χ1n) is 5.36. The Kier molecular flexibility index (Phi) is 3.82. The molecule has 90 valence electrons. The number of ether oxygens (including phenoxy) is 1. The Hall–Kier alpha value is -1.75. The van der Waals surface area contributed by atoms with Crippen LogP contribution in [0.3, 0.4) is 0 Å². The average Bonchev–Trinajstić information content (AvgIpc) is 2.76. The van der Waals surface area contributed by atoms with Gasteiger partial charge in [0, 0.05) is 6.54 Å². The molecule has 0 atom stereocenters. The fourth-order valence-electron chi connectivity index (χ4n) is 1.47. The van der Waals surface area contributed by atoms with Crippen LogP contribution in [0.15, 0.2) is 30.5 Å². The van der Waals surface area contributed by atoms with E-state index >= 15 is 0 Å². The third-order valence-corrected chi connectivity index (χ3v) is 3.16. The van der Waals surface area contributed by atoms with Gasteiger partial charge in [0.25, 0.3) is 0 Å². The third-order valence-electron chi connectivity index (χ3n) is 2.37. The average molecular weight is 249 g/mol. The number of methoxy groups -OCH3 is 1. The highest BCUT2D eigenvalue weighted by molar-refractivity contribution is 7.19. The Morgan fingerprint density at radius 1 is 1.35 bits per heavy atom. The highest BCUT2D eigenvalue weighted by Crippen LogP contribution is 2.19. The molecule has 0 aliphatic carbocycles. The standard InChI is InChI=1S/C12H15N3OS/c1-16-10-4-2-9(3-5-10)6-7-14-12-15-8-11(13)17-12/h2-5,8H,6-7,13H2,1H3,(H,14,15). The van der Waals surface area contributed by atoms with Gasteiger partial charge in [-0.25, -0.2) is 4.98 Å². The molecular formula is C12H15N3OS. The van der Waals surface area contributed by atoms with E-state index in [9.17, 15) is 0 Å². The van der Waals surface area contributed by atoms with Crippen LogP contribution in [0.5, 0.6) is 5.75 Å². The minimum Gasteiger partial charge on any atom is -0.497 e. The molecule has 4 nitrogen and oxygen atoms in total. The van der Waals surface area contributed by atoms with Gasteiger partial charge in [-0.3, -0.25) is 0 Å². The summed E-state index contributed by atoms with van der Waals surface area (Å²) in [7, 11) is 1.67. The van der Waals surface area contributed by atoms with E-state index < -0.39 is 0 Å². The number of nitrogen functional groups attached to an aromatic ring is 1. The Morgan fingerprint density at radius 2 is 2.12 bits per heavy atom. The lowest BCUT2D eigenvalue weighted by molar-refractivity contribution is 0.414. The summed E-state index contributed by atoms with van der Waals surface area (Å²) in [6, 6.07) is 8.07. The fourth-order valence-corrected chi connectivity index (χ4v) is 2.08. The molecule has 1 heterocycles. The molecule has 0 aliphatic heterocycles. The van der Waals surface area contributed by atoms with Gasteiger partial charge in [-0.05, 0) is 24.1 Å². The minimum atomic E-state index is 0.733. The van der Waals surface area contributed by atoms with Crippen molar-refractivity contribution in [2.45, 2.75) is 6.42 Å². The van der Waals surface area contributed by atoms with Crippen LogP contribution in [0.1, 0.15) is 5.56 Å². The van der Waals surface area contributed by atoms with Gasteiger partial charge in [-0.15, -0.1) is 0 Å². The van der Waals surface area contributed by atoms with Gasteiger partial charge in [-0.1, -0.05) is 23.5 Å². The second kappa shape index (κ2) is 5.54. The molecule has 0 spiro atoms. The van der Waals surface area contributed by atoms with Crippen molar-refractivity contribution in [3.63, 3.8) is 0 Å². The Morgan fingerprint density at radius 3 is 2.71 bits per heavy atom. The van der Waals surface area contributed by atoms with Crippen molar-refractivity contribution >= 4 is 21.5 Å². The molecule has 1 aromatic carbocycles. The monoisotopic (exact) mass is 249 g/mol. The van der Waals surface area contributed by atoms with E-state index in [1.807, 2.05) is 12.1 Å². The van der Waals surface area contributed by atoms with Gasteiger partial charge in [0.2, 0.25) is 0 Å². The van der Waals surface area contributed by atoms with Crippen molar-refractivity contribution in [1.29, 1.82) is 0 Å². The summed E-state index contributed by atoms with van der Waals surface area (Å²) in [4.78, 5) is 4.14. The van der Waals surface area contributed by atoms with Crippen LogP contribution in [0.25, 0.3) is 0 Å².